The molecule has 0 amide bonds. The van der Waals surface area contributed by atoms with E-state index in [4.69, 9.17) is 4.52 Å². The van der Waals surface area contributed by atoms with Crippen molar-refractivity contribution in [3.05, 3.63) is 11.7 Å². The number of rotatable bonds is 4. The van der Waals surface area contributed by atoms with Crippen LogP contribution in [0.15, 0.2) is 9.52 Å². The summed E-state index contributed by atoms with van der Waals surface area (Å²) in [5.74, 6) is 2.51. The fraction of sp³-hybridized carbons (Fsp3) is 0.727. The largest absolute Gasteiger partial charge is 0.362 e. The lowest BCUT2D eigenvalue weighted by atomic mass is 10.2. The minimum atomic E-state index is 0.584. The summed E-state index contributed by atoms with van der Waals surface area (Å²) in [4.78, 5) is 8.68. The van der Waals surface area contributed by atoms with E-state index in [9.17, 15) is 0 Å². The van der Waals surface area contributed by atoms with Gasteiger partial charge in [0.15, 0.2) is 11.0 Å². The molecule has 0 saturated carbocycles. The van der Waals surface area contributed by atoms with Crippen LogP contribution in [-0.2, 0) is 6.42 Å². The van der Waals surface area contributed by atoms with Crippen LogP contribution in [-0.4, -0.2) is 33.6 Å². The molecular weight excluding hydrogens is 236 g/mol. The van der Waals surface area contributed by atoms with Gasteiger partial charge in [0.1, 0.15) is 0 Å². The number of nitrogens with zero attached hydrogens (tertiary/aromatic N) is 3. The van der Waals surface area contributed by atoms with Gasteiger partial charge in [-0.05, 0) is 19.8 Å². The lowest BCUT2D eigenvalue weighted by Crippen LogP contribution is -2.37. The molecule has 0 bridgehead atoms. The maximum absolute atomic E-state index is 5.04. The van der Waals surface area contributed by atoms with Gasteiger partial charge in [-0.1, -0.05) is 23.8 Å². The third-order valence-corrected chi connectivity index (χ3v) is 3.64. The van der Waals surface area contributed by atoms with Crippen molar-refractivity contribution in [3.63, 3.8) is 0 Å². The van der Waals surface area contributed by atoms with Crippen molar-refractivity contribution in [1.82, 2.24) is 15.5 Å². The van der Waals surface area contributed by atoms with Gasteiger partial charge in [-0.2, -0.15) is 4.98 Å². The van der Waals surface area contributed by atoms with Crippen LogP contribution in [0.2, 0.25) is 0 Å². The molecule has 1 atom stereocenters. The molecular formula is C11H18N4OS. The number of aryl methyl sites for hydroxylation is 1. The van der Waals surface area contributed by atoms with E-state index >= 15 is 0 Å². The lowest BCUT2D eigenvalue weighted by molar-refractivity contribution is 0.376. The summed E-state index contributed by atoms with van der Waals surface area (Å²) in [7, 11) is 0. The number of hydrogen-bond donors (Lipinski definition) is 1. The maximum atomic E-state index is 5.04. The fourth-order valence-electron chi connectivity index (χ4n) is 1.68. The first-order valence-electron chi connectivity index (χ1n) is 6.01. The number of aromatic nitrogens is 2. The van der Waals surface area contributed by atoms with E-state index in [1.54, 1.807) is 11.8 Å². The molecule has 1 saturated heterocycles. The predicted octanol–water partition coefficient (Wildman–Crippen LogP) is 1.78. The van der Waals surface area contributed by atoms with Crippen molar-refractivity contribution in [2.75, 3.05) is 12.3 Å². The van der Waals surface area contributed by atoms with Crippen molar-refractivity contribution in [2.24, 2.45) is 4.99 Å². The first kappa shape index (κ1) is 12.4. The molecule has 5 nitrogen and oxygen atoms in total. The SMILES string of the molecule is CCC1CCSC(=NCCc2nc(C)no2)N1. The van der Waals surface area contributed by atoms with Crippen molar-refractivity contribution in [1.29, 1.82) is 0 Å². The zero-order chi connectivity index (χ0) is 12.1. The Labute approximate surface area is 105 Å². The van der Waals surface area contributed by atoms with Gasteiger partial charge >= 0.3 is 0 Å². The van der Waals surface area contributed by atoms with E-state index in [0.29, 0.717) is 30.7 Å². The number of thioether (sulfide) groups is 1. The molecule has 1 aromatic heterocycles. The number of hydrogen-bond acceptors (Lipinski definition) is 5. The number of nitrogens with one attached hydrogen (secondary N) is 1. The topological polar surface area (TPSA) is 63.3 Å². The highest BCUT2D eigenvalue weighted by Crippen LogP contribution is 2.15. The maximum Gasteiger partial charge on any atom is 0.228 e. The molecule has 2 heterocycles. The number of amidine groups is 1. The molecule has 1 N–H and O–H groups in total. The Morgan fingerprint density at radius 1 is 1.59 bits per heavy atom. The summed E-state index contributed by atoms with van der Waals surface area (Å²) < 4.78 is 5.04. The van der Waals surface area contributed by atoms with E-state index in [0.717, 1.165) is 17.3 Å². The first-order chi connectivity index (χ1) is 8.28. The molecule has 1 aliphatic heterocycles. The standard InChI is InChI=1S/C11H18N4OS/c1-3-9-5-7-17-11(14-9)12-6-4-10-13-8(2)15-16-10/h9H,3-7H2,1-2H3,(H,12,14). The van der Waals surface area contributed by atoms with Gasteiger partial charge in [-0.3, -0.25) is 4.99 Å². The van der Waals surface area contributed by atoms with Crippen LogP contribution in [0, 0.1) is 6.92 Å². The summed E-state index contributed by atoms with van der Waals surface area (Å²) in [5.41, 5.74) is 0. The zero-order valence-corrected chi connectivity index (χ0v) is 11.1. The summed E-state index contributed by atoms with van der Waals surface area (Å²) in [6.07, 6.45) is 3.09. The van der Waals surface area contributed by atoms with Crippen LogP contribution in [0.25, 0.3) is 0 Å². The van der Waals surface area contributed by atoms with Crippen LogP contribution in [0.1, 0.15) is 31.5 Å². The molecule has 1 unspecified atom stereocenters. The highest BCUT2D eigenvalue weighted by Gasteiger charge is 2.15. The van der Waals surface area contributed by atoms with Gasteiger partial charge in [-0.25, -0.2) is 0 Å². The highest BCUT2D eigenvalue weighted by atomic mass is 32.2. The van der Waals surface area contributed by atoms with E-state index in [1.165, 1.54) is 6.42 Å². The summed E-state index contributed by atoms with van der Waals surface area (Å²) in [6.45, 7) is 4.73. The Morgan fingerprint density at radius 3 is 3.18 bits per heavy atom. The van der Waals surface area contributed by atoms with E-state index < -0.39 is 0 Å². The summed E-state index contributed by atoms with van der Waals surface area (Å²) in [6, 6.07) is 0.584. The molecule has 1 fully saturated rings. The Bertz CT molecular complexity index is 391. The van der Waals surface area contributed by atoms with Crippen LogP contribution < -0.4 is 5.32 Å². The Balaban J connectivity index is 1.80. The van der Waals surface area contributed by atoms with Gasteiger partial charge < -0.3 is 9.84 Å². The van der Waals surface area contributed by atoms with Gasteiger partial charge in [0.25, 0.3) is 0 Å². The molecule has 94 valence electrons. The molecule has 0 radical (unpaired) electrons. The van der Waals surface area contributed by atoms with Crippen LogP contribution in [0.4, 0.5) is 0 Å². The summed E-state index contributed by atoms with van der Waals surface area (Å²) >= 11 is 1.79. The molecule has 0 aromatic carbocycles. The Hall–Kier alpha value is -1.04. The minimum absolute atomic E-state index is 0.584. The second-order valence-electron chi connectivity index (χ2n) is 4.06. The zero-order valence-electron chi connectivity index (χ0n) is 10.3. The van der Waals surface area contributed by atoms with Gasteiger partial charge in [-0.15, -0.1) is 0 Å². The lowest BCUT2D eigenvalue weighted by Gasteiger charge is -2.24. The minimum Gasteiger partial charge on any atom is -0.362 e. The van der Waals surface area contributed by atoms with E-state index in [1.807, 2.05) is 6.92 Å². The molecule has 1 aliphatic rings. The third kappa shape index (κ3) is 3.73. The van der Waals surface area contributed by atoms with Crippen LogP contribution in [0.5, 0.6) is 0 Å². The molecule has 17 heavy (non-hydrogen) atoms. The molecule has 1 aromatic rings. The smallest absolute Gasteiger partial charge is 0.228 e. The average Bonchev–Trinajstić information content (AvgIpc) is 2.75. The van der Waals surface area contributed by atoms with Crippen LogP contribution >= 0.6 is 11.8 Å². The Kier molecular flexibility index (Phi) is 4.42. The van der Waals surface area contributed by atoms with Gasteiger partial charge in [0, 0.05) is 18.2 Å². The third-order valence-electron chi connectivity index (χ3n) is 2.68. The summed E-state index contributed by atoms with van der Waals surface area (Å²) in [5, 5.41) is 8.25. The quantitative estimate of drug-likeness (QED) is 0.887. The van der Waals surface area contributed by atoms with Gasteiger partial charge in [0.05, 0.1) is 6.54 Å². The van der Waals surface area contributed by atoms with Crippen LogP contribution in [0.3, 0.4) is 0 Å². The first-order valence-corrected chi connectivity index (χ1v) is 6.99. The van der Waals surface area contributed by atoms with Crippen molar-refractivity contribution >= 4 is 16.9 Å². The highest BCUT2D eigenvalue weighted by molar-refractivity contribution is 8.13. The Morgan fingerprint density at radius 2 is 2.47 bits per heavy atom. The molecule has 0 aliphatic carbocycles. The van der Waals surface area contributed by atoms with Gasteiger partial charge in [0.2, 0.25) is 5.89 Å². The molecule has 6 heteroatoms. The fourth-order valence-corrected chi connectivity index (χ4v) is 2.71. The number of aliphatic imine (C=N–C) groups is 1. The second-order valence-corrected chi connectivity index (χ2v) is 5.14. The second kappa shape index (κ2) is 6.05. The van der Waals surface area contributed by atoms with E-state index in [2.05, 4.69) is 27.4 Å². The van der Waals surface area contributed by atoms with Crippen molar-refractivity contribution in [3.8, 4) is 0 Å². The average molecular weight is 254 g/mol. The normalized spacial score (nSPS) is 22.7. The van der Waals surface area contributed by atoms with E-state index in [-0.39, 0.29) is 0 Å². The molecule has 2 rings (SSSR count). The molecule has 0 spiro atoms. The monoisotopic (exact) mass is 254 g/mol. The van der Waals surface area contributed by atoms with Crippen molar-refractivity contribution in [2.45, 2.75) is 39.2 Å². The predicted molar refractivity (Wildman–Crippen MR) is 69.3 cm³/mol. The van der Waals surface area contributed by atoms with Crippen molar-refractivity contribution < 1.29 is 4.52 Å².